The van der Waals surface area contributed by atoms with Crippen molar-refractivity contribution in [3.63, 3.8) is 0 Å². The number of benzene rings is 2. The minimum absolute atomic E-state index is 0.126. The molecule has 2 aromatic rings. The summed E-state index contributed by atoms with van der Waals surface area (Å²) in [5.74, 6) is -0.563. The standard InChI is InChI=1S/C22H19BrN2O4S/c23-16-13-30-21-18(24-17(26)11-14-7-3-1-4-8-14)20(27)25(21)19(16)22(28)29-12-15-9-5-2-6-10-15/h1-10,18,21H,11-13H2,(H,24,26)/t18-,21-/m1/s1. The van der Waals surface area contributed by atoms with Crippen LogP contribution in [0.5, 0.6) is 0 Å². The molecule has 1 fully saturated rings. The maximum absolute atomic E-state index is 12.8. The van der Waals surface area contributed by atoms with Gasteiger partial charge in [-0.1, -0.05) is 76.6 Å². The van der Waals surface area contributed by atoms with E-state index in [4.69, 9.17) is 4.74 Å². The van der Waals surface area contributed by atoms with E-state index < -0.39 is 12.0 Å². The Hall–Kier alpha value is -2.58. The van der Waals surface area contributed by atoms with Gasteiger partial charge in [-0.15, -0.1) is 11.8 Å². The number of esters is 1. The summed E-state index contributed by atoms with van der Waals surface area (Å²) in [7, 11) is 0. The Labute approximate surface area is 186 Å². The summed E-state index contributed by atoms with van der Waals surface area (Å²) in [6.45, 7) is 0.126. The van der Waals surface area contributed by atoms with E-state index >= 15 is 0 Å². The first-order valence-electron chi connectivity index (χ1n) is 9.42. The van der Waals surface area contributed by atoms with Gasteiger partial charge in [-0.2, -0.15) is 0 Å². The fraction of sp³-hybridized carbons (Fsp3) is 0.227. The van der Waals surface area contributed by atoms with Gasteiger partial charge in [0.1, 0.15) is 23.7 Å². The average molecular weight is 487 g/mol. The number of fused-ring (bicyclic) bond motifs is 1. The van der Waals surface area contributed by atoms with Crippen molar-refractivity contribution in [2.75, 3.05) is 5.75 Å². The van der Waals surface area contributed by atoms with Crippen LogP contribution in [0.4, 0.5) is 0 Å². The molecule has 0 spiro atoms. The number of carbonyl (C=O) groups is 3. The predicted octanol–water partition coefficient (Wildman–Crippen LogP) is 2.98. The maximum Gasteiger partial charge on any atom is 0.356 e. The highest BCUT2D eigenvalue weighted by atomic mass is 79.9. The van der Waals surface area contributed by atoms with Gasteiger partial charge in [-0.05, 0) is 11.1 Å². The van der Waals surface area contributed by atoms with E-state index in [9.17, 15) is 14.4 Å². The van der Waals surface area contributed by atoms with E-state index in [-0.39, 0.29) is 35.9 Å². The molecule has 1 N–H and O–H groups in total. The van der Waals surface area contributed by atoms with Crippen molar-refractivity contribution in [2.24, 2.45) is 0 Å². The van der Waals surface area contributed by atoms with Gasteiger partial charge < -0.3 is 10.1 Å². The van der Waals surface area contributed by atoms with Gasteiger partial charge in [0, 0.05) is 10.2 Å². The summed E-state index contributed by atoms with van der Waals surface area (Å²) >= 11 is 4.90. The Morgan fingerprint density at radius 2 is 1.70 bits per heavy atom. The number of hydrogen-bond acceptors (Lipinski definition) is 5. The highest BCUT2D eigenvalue weighted by molar-refractivity contribution is 9.11. The minimum atomic E-state index is -0.649. The molecular weight excluding hydrogens is 468 g/mol. The Kier molecular flexibility index (Phi) is 6.24. The zero-order chi connectivity index (χ0) is 21.1. The van der Waals surface area contributed by atoms with Crippen molar-refractivity contribution < 1.29 is 19.1 Å². The Morgan fingerprint density at radius 3 is 2.37 bits per heavy atom. The molecule has 2 heterocycles. The summed E-state index contributed by atoms with van der Waals surface area (Å²) in [6, 6.07) is 18.1. The molecule has 0 aromatic heterocycles. The molecule has 2 amide bonds. The lowest BCUT2D eigenvalue weighted by atomic mass is 10.0. The summed E-state index contributed by atoms with van der Waals surface area (Å²) in [5, 5.41) is 2.48. The SMILES string of the molecule is O=C(Cc1ccccc1)N[C@@H]1C(=O)N2C(C(=O)OCc3ccccc3)=C(Br)CS[C@H]12. The molecule has 0 bridgehead atoms. The lowest BCUT2D eigenvalue weighted by molar-refractivity contribution is -0.153. The van der Waals surface area contributed by atoms with Crippen LogP contribution in [0.15, 0.2) is 70.8 Å². The van der Waals surface area contributed by atoms with Crippen LogP contribution >= 0.6 is 27.7 Å². The van der Waals surface area contributed by atoms with Crippen molar-refractivity contribution >= 4 is 45.5 Å². The molecule has 154 valence electrons. The second-order valence-electron chi connectivity index (χ2n) is 6.93. The molecule has 4 rings (SSSR count). The molecule has 2 atom stereocenters. The monoisotopic (exact) mass is 486 g/mol. The number of thioether (sulfide) groups is 1. The van der Waals surface area contributed by atoms with Gasteiger partial charge in [0.05, 0.1) is 6.42 Å². The largest absolute Gasteiger partial charge is 0.456 e. The number of nitrogens with one attached hydrogen (secondary N) is 1. The van der Waals surface area contributed by atoms with Crippen molar-refractivity contribution in [3.8, 4) is 0 Å². The van der Waals surface area contributed by atoms with Gasteiger partial charge in [-0.3, -0.25) is 14.5 Å². The number of hydrogen-bond donors (Lipinski definition) is 1. The highest BCUT2D eigenvalue weighted by Crippen LogP contribution is 2.42. The highest BCUT2D eigenvalue weighted by Gasteiger charge is 2.54. The number of ether oxygens (including phenoxy) is 1. The third-order valence-electron chi connectivity index (χ3n) is 4.85. The van der Waals surface area contributed by atoms with Gasteiger partial charge in [-0.25, -0.2) is 4.79 Å². The second kappa shape index (κ2) is 9.06. The van der Waals surface area contributed by atoms with E-state index in [2.05, 4.69) is 21.2 Å². The maximum atomic E-state index is 12.8. The average Bonchev–Trinajstić information content (AvgIpc) is 2.77. The number of β-lactam (4-membered cyclic amide) rings is 1. The van der Waals surface area contributed by atoms with E-state index in [1.165, 1.54) is 16.7 Å². The molecular formula is C22H19BrN2O4S. The van der Waals surface area contributed by atoms with Crippen LogP contribution in [0, 0.1) is 0 Å². The van der Waals surface area contributed by atoms with E-state index in [1.807, 2.05) is 60.7 Å². The molecule has 1 saturated heterocycles. The van der Waals surface area contributed by atoms with Crippen LogP contribution in [0.1, 0.15) is 11.1 Å². The fourth-order valence-electron chi connectivity index (χ4n) is 3.37. The Bertz CT molecular complexity index is 997. The van der Waals surface area contributed by atoms with Crippen LogP contribution in [0.25, 0.3) is 0 Å². The molecule has 30 heavy (non-hydrogen) atoms. The normalized spacial score (nSPS) is 20.3. The number of amides is 2. The molecule has 6 nitrogen and oxygen atoms in total. The molecule has 0 saturated carbocycles. The zero-order valence-electron chi connectivity index (χ0n) is 15.9. The molecule has 2 aliphatic heterocycles. The predicted molar refractivity (Wildman–Crippen MR) is 117 cm³/mol. The first kappa shape index (κ1) is 20.7. The van der Waals surface area contributed by atoms with Crippen molar-refractivity contribution in [1.29, 1.82) is 0 Å². The summed E-state index contributed by atoms with van der Waals surface area (Å²) in [4.78, 5) is 39.2. The topological polar surface area (TPSA) is 75.7 Å². The summed E-state index contributed by atoms with van der Waals surface area (Å²) < 4.78 is 6.03. The minimum Gasteiger partial charge on any atom is -0.456 e. The smallest absolute Gasteiger partial charge is 0.356 e. The van der Waals surface area contributed by atoms with Gasteiger partial charge >= 0.3 is 5.97 Å². The number of nitrogens with zero attached hydrogens (tertiary/aromatic N) is 1. The third-order valence-corrected chi connectivity index (χ3v) is 7.16. The van der Waals surface area contributed by atoms with Crippen LogP contribution in [0.2, 0.25) is 0 Å². The number of carbonyl (C=O) groups excluding carboxylic acids is 3. The lowest BCUT2D eigenvalue weighted by Crippen LogP contribution is -2.70. The lowest BCUT2D eigenvalue weighted by Gasteiger charge is -2.49. The molecule has 0 aliphatic carbocycles. The fourth-order valence-corrected chi connectivity index (χ4v) is 5.31. The molecule has 0 unspecified atom stereocenters. The quantitative estimate of drug-likeness (QED) is 0.501. The molecule has 0 radical (unpaired) electrons. The van der Waals surface area contributed by atoms with Gasteiger partial charge in [0.2, 0.25) is 5.91 Å². The van der Waals surface area contributed by atoms with Crippen LogP contribution < -0.4 is 5.32 Å². The van der Waals surface area contributed by atoms with E-state index in [0.717, 1.165) is 11.1 Å². The molecule has 2 aliphatic rings. The van der Waals surface area contributed by atoms with Gasteiger partial charge in [0.25, 0.3) is 5.91 Å². The van der Waals surface area contributed by atoms with Crippen LogP contribution in [-0.2, 0) is 32.1 Å². The first-order valence-corrected chi connectivity index (χ1v) is 11.3. The number of halogens is 1. The van der Waals surface area contributed by atoms with Gasteiger partial charge in [0.15, 0.2) is 0 Å². The summed E-state index contributed by atoms with van der Waals surface area (Å²) in [5.41, 5.74) is 1.96. The van der Waals surface area contributed by atoms with Crippen LogP contribution in [0.3, 0.4) is 0 Å². The second-order valence-corrected chi connectivity index (χ2v) is 8.99. The third kappa shape index (κ3) is 4.29. The van der Waals surface area contributed by atoms with Crippen molar-refractivity contribution in [2.45, 2.75) is 24.4 Å². The van der Waals surface area contributed by atoms with Crippen molar-refractivity contribution in [3.05, 3.63) is 82.0 Å². The zero-order valence-corrected chi connectivity index (χ0v) is 18.3. The van der Waals surface area contributed by atoms with E-state index in [0.29, 0.717) is 10.2 Å². The van der Waals surface area contributed by atoms with Crippen LogP contribution in [-0.4, -0.2) is 39.9 Å². The molecule has 2 aromatic carbocycles. The Balaban J connectivity index is 1.39. The summed E-state index contributed by atoms with van der Waals surface area (Å²) in [6.07, 6.45) is 0.202. The first-order chi connectivity index (χ1) is 14.5. The van der Waals surface area contributed by atoms with Crippen molar-refractivity contribution in [1.82, 2.24) is 10.2 Å². The number of rotatable bonds is 6. The molecule has 8 heteroatoms. The van der Waals surface area contributed by atoms with E-state index in [1.54, 1.807) is 0 Å². The Morgan fingerprint density at radius 1 is 1.07 bits per heavy atom.